The number of benzene rings is 1. The molecule has 1 saturated heterocycles. The average Bonchev–Trinajstić information content (AvgIpc) is 3.09. The maximum absolute atomic E-state index is 11.3. The summed E-state index contributed by atoms with van der Waals surface area (Å²) in [5.74, 6) is -0.359. The first-order chi connectivity index (χ1) is 9.74. The molecule has 2 heterocycles. The Morgan fingerprint density at radius 2 is 2.30 bits per heavy atom. The molecule has 1 aromatic carbocycles. The Morgan fingerprint density at radius 3 is 3.05 bits per heavy atom. The summed E-state index contributed by atoms with van der Waals surface area (Å²) < 4.78 is 0. The summed E-state index contributed by atoms with van der Waals surface area (Å²) in [6.07, 6.45) is 2.45. The molecule has 3 nitrogen and oxygen atoms in total. The van der Waals surface area contributed by atoms with E-state index in [1.807, 2.05) is 12.1 Å². The molecule has 20 heavy (non-hydrogen) atoms. The summed E-state index contributed by atoms with van der Waals surface area (Å²) in [5.41, 5.74) is 8.51. The molecule has 0 aliphatic carbocycles. The van der Waals surface area contributed by atoms with Gasteiger partial charge in [-0.3, -0.25) is 9.69 Å². The van der Waals surface area contributed by atoms with Gasteiger partial charge < -0.3 is 5.73 Å². The number of likely N-dealkylation sites (tertiary alicyclic amines) is 1. The van der Waals surface area contributed by atoms with Gasteiger partial charge >= 0.3 is 0 Å². The largest absolute Gasteiger partial charge is 0.366 e. The van der Waals surface area contributed by atoms with Gasteiger partial charge in [-0.05, 0) is 59.5 Å². The second-order valence-corrected chi connectivity index (χ2v) is 6.03. The first kappa shape index (κ1) is 13.3. The van der Waals surface area contributed by atoms with Crippen molar-refractivity contribution < 1.29 is 4.79 Å². The highest BCUT2D eigenvalue weighted by Crippen LogP contribution is 2.34. The van der Waals surface area contributed by atoms with Crippen LogP contribution in [0.1, 0.15) is 40.4 Å². The Labute approximate surface area is 123 Å². The SMILES string of the molecule is NC(=O)c1cccc(CN2CCCC2c2ccsc2)c1. The van der Waals surface area contributed by atoms with Crippen LogP contribution in [0.25, 0.3) is 0 Å². The van der Waals surface area contributed by atoms with Gasteiger partial charge in [-0.1, -0.05) is 12.1 Å². The van der Waals surface area contributed by atoms with E-state index < -0.39 is 0 Å². The van der Waals surface area contributed by atoms with Crippen LogP contribution in [-0.4, -0.2) is 17.4 Å². The first-order valence-electron chi connectivity index (χ1n) is 6.89. The van der Waals surface area contributed by atoms with Crippen molar-refractivity contribution in [2.24, 2.45) is 5.73 Å². The van der Waals surface area contributed by atoms with Gasteiger partial charge in [0.15, 0.2) is 0 Å². The molecule has 1 unspecified atom stereocenters. The lowest BCUT2D eigenvalue weighted by Crippen LogP contribution is -2.22. The van der Waals surface area contributed by atoms with E-state index in [4.69, 9.17) is 5.73 Å². The first-order valence-corrected chi connectivity index (χ1v) is 7.83. The van der Waals surface area contributed by atoms with E-state index in [0.29, 0.717) is 11.6 Å². The highest BCUT2D eigenvalue weighted by Gasteiger charge is 2.26. The zero-order chi connectivity index (χ0) is 13.9. The molecule has 1 aliphatic heterocycles. The summed E-state index contributed by atoms with van der Waals surface area (Å²) in [7, 11) is 0. The van der Waals surface area contributed by atoms with Gasteiger partial charge in [-0.25, -0.2) is 0 Å². The summed E-state index contributed by atoms with van der Waals surface area (Å²) in [6, 6.07) is 10.4. The Kier molecular flexibility index (Phi) is 3.85. The van der Waals surface area contributed by atoms with Crippen molar-refractivity contribution in [2.45, 2.75) is 25.4 Å². The van der Waals surface area contributed by atoms with E-state index in [0.717, 1.165) is 18.7 Å². The number of primary amides is 1. The van der Waals surface area contributed by atoms with Crippen molar-refractivity contribution in [3.05, 3.63) is 57.8 Å². The van der Waals surface area contributed by atoms with Crippen LogP contribution in [0.5, 0.6) is 0 Å². The predicted molar refractivity (Wildman–Crippen MR) is 81.7 cm³/mol. The zero-order valence-electron chi connectivity index (χ0n) is 11.3. The van der Waals surface area contributed by atoms with Crippen LogP contribution in [0.3, 0.4) is 0 Å². The molecule has 1 fully saturated rings. The van der Waals surface area contributed by atoms with E-state index in [1.165, 1.54) is 18.4 Å². The van der Waals surface area contributed by atoms with Crippen molar-refractivity contribution in [1.82, 2.24) is 4.90 Å². The number of carbonyl (C=O) groups is 1. The van der Waals surface area contributed by atoms with E-state index in [9.17, 15) is 4.79 Å². The second kappa shape index (κ2) is 5.77. The molecule has 0 bridgehead atoms. The van der Waals surface area contributed by atoms with Crippen LogP contribution in [0, 0.1) is 0 Å². The molecule has 0 radical (unpaired) electrons. The minimum absolute atomic E-state index is 0.359. The smallest absolute Gasteiger partial charge is 0.248 e. The second-order valence-electron chi connectivity index (χ2n) is 5.25. The van der Waals surface area contributed by atoms with Gasteiger partial charge in [-0.2, -0.15) is 11.3 Å². The Balaban J connectivity index is 1.77. The number of rotatable bonds is 4. The van der Waals surface area contributed by atoms with Crippen molar-refractivity contribution in [3.63, 3.8) is 0 Å². The van der Waals surface area contributed by atoms with E-state index in [-0.39, 0.29) is 5.91 Å². The van der Waals surface area contributed by atoms with Gasteiger partial charge in [-0.15, -0.1) is 0 Å². The molecule has 2 aromatic rings. The minimum atomic E-state index is -0.359. The fourth-order valence-electron chi connectivity index (χ4n) is 2.91. The number of amides is 1. The lowest BCUT2D eigenvalue weighted by molar-refractivity contribution is 0.1000. The molecular weight excluding hydrogens is 268 g/mol. The topological polar surface area (TPSA) is 46.3 Å². The van der Waals surface area contributed by atoms with Crippen molar-refractivity contribution in [1.29, 1.82) is 0 Å². The van der Waals surface area contributed by atoms with Gasteiger partial charge in [0.2, 0.25) is 5.91 Å². The summed E-state index contributed by atoms with van der Waals surface area (Å²) in [4.78, 5) is 13.7. The van der Waals surface area contributed by atoms with E-state index in [1.54, 1.807) is 17.4 Å². The van der Waals surface area contributed by atoms with Gasteiger partial charge in [0, 0.05) is 18.2 Å². The Morgan fingerprint density at radius 1 is 1.40 bits per heavy atom. The van der Waals surface area contributed by atoms with Gasteiger partial charge in [0.05, 0.1) is 0 Å². The summed E-state index contributed by atoms with van der Waals surface area (Å²) in [6.45, 7) is 1.99. The third-order valence-corrected chi connectivity index (χ3v) is 4.59. The highest BCUT2D eigenvalue weighted by atomic mass is 32.1. The molecule has 0 spiro atoms. The summed E-state index contributed by atoms with van der Waals surface area (Å²) in [5, 5.41) is 4.38. The van der Waals surface area contributed by atoms with Crippen LogP contribution >= 0.6 is 11.3 Å². The molecule has 1 amide bonds. The number of thiophene rings is 1. The number of carbonyl (C=O) groups excluding carboxylic acids is 1. The quantitative estimate of drug-likeness (QED) is 0.938. The molecule has 2 N–H and O–H groups in total. The normalized spacial score (nSPS) is 19.3. The summed E-state index contributed by atoms with van der Waals surface area (Å²) >= 11 is 1.75. The standard InChI is InChI=1S/C16H18N2OS/c17-16(19)13-4-1-3-12(9-13)10-18-7-2-5-15(18)14-6-8-20-11-14/h1,3-4,6,8-9,11,15H,2,5,7,10H2,(H2,17,19). The minimum Gasteiger partial charge on any atom is -0.366 e. The monoisotopic (exact) mass is 286 g/mol. The van der Waals surface area contributed by atoms with Crippen molar-refractivity contribution >= 4 is 17.2 Å². The number of hydrogen-bond acceptors (Lipinski definition) is 3. The van der Waals surface area contributed by atoms with Crippen LogP contribution in [-0.2, 0) is 6.54 Å². The zero-order valence-corrected chi connectivity index (χ0v) is 12.1. The van der Waals surface area contributed by atoms with Gasteiger partial charge in [0.1, 0.15) is 0 Å². The maximum Gasteiger partial charge on any atom is 0.248 e. The van der Waals surface area contributed by atoms with Crippen molar-refractivity contribution in [3.8, 4) is 0 Å². The number of nitrogens with zero attached hydrogens (tertiary/aromatic N) is 1. The average molecular weight is 286 g/mol. The Bertz CT molecular complexity index is 594. The van der Waals surface area contributed by atoms with E-state index in [2.05, 4.69) is 27.8 Å². The van der Waals surface area contributed by atoms with Crippen LogP contribution in [0.15, 0.2) is 41.1 Å². The molecule has 1 atom stereocenters. The highest BCUT2D eigenvalue weighted by molar-refractivity contribution is 7.07. The molecule has 4 heteroatoms. The third kappa shape index (κ3) is 2.76. The molecule has 0 saturated carbocycles. The molecule has 104 valence electrons. The van der Waals surface area contributed by atoms with E-state index >= 15 is 0 Å². The number of hydrogen-bond donors (Lipinski definition) is 1. The van der Waals surface area contributed by atoms with Gasteiger partial charge in [0.25, 0.3) is 0 Å². The number of nitrogens with two attached hydrogens (primary N) is 1. The fourth-order valence-corrected chi connectivity index (χ4v) is 3.62. The van der Waals surface area contributed by atoms with Crippen LogP contribution < -0.4 is 5.73 Å². The van der Waals surface area contributed by atoms with Crippen LogP contribution in [0.2, 0.25) is 0 Å². The fraction of sp³-hybridized carbons (Fsp3) is 0.312. The maximum atomic E-state index is 11.3. The Hall–Kier alpha value is -1.65. The lowest BCUT2D eigenvalue weighted by atomic mass is 10.1. The molecular formula is C16H18N2OS. The van der Waals surface area contributed by atoms with Crippen molar-refractivity contribution in [2.75, 3.05) is 6.54 Å². The van der Waals surface area contributed by atoms with Crippen LogP contribution in [0.4, 0.5) is 0 Å². The lowest BCUT2D eigenvalue weighted by Gasteiger charge is -2.24. The molecule has 1 aromatic heterocycles. The molecule has 3 rings (SSSR count). The predicted octanol–water partition coefficient (Wildman–Crippen LogP) is 3.18. The molecule has 1 aliphatic rings. The third-order valence-electron chi connectivity index (χ3n) is 3.89.